The van der Waals surface area contributed by atoms with Crippen molar-refractivity contribution in [1.82, 2.24) is 0 Å². The van der Waals surface area contributed by atoms with Gasteiger partial charge in [-0.2, -0.15) is 5.26 Å². The van der Waals surface area contributed by atoms with Crippen LogP contribution in [0.15, 0.2) is 40.9 Å². The van der Waals surface area contributed by atoms with Crippen molar-refractivity contribution in [3.8, 4) is 11.8 Å². The van der Waals surface area contributed by atoms with Gasteiger partial charge in [0.25, 0.3) is 0 Å². The third kappa shape index (κ3) is 3.70. The summed E-state index contributed by atoms with van der Waals surface area (Å²) < 4.78 is 13.7. The molecule has 21 heavy (non-hydrogen) atoms. The summed E-state index contributed by atoms with van der Waals surface area (Å²) >= 11 is 3.07. The first-order valence-electron chi connectivity index (χ1n) is 5.76. The summed E-state index contributed by atoms with van der Waals surface area (Å²) in [5.41, 5.74) is 0.863. The van der Waals surface area contributed by atoms with Gasteiger partial charge in [-0.15, -0.1) is 0 Å². The van der Waals surface area contributed by atoms with Crippen LogP contribution in [0.2, 0.25) is 0 Å². The number of anilines is 2. The number of nitrogens with one attached hydrogen (secondary N) is 2. The van der Waals surface area contributed by atoms with Crippen LogP contribution >= 0.6 is 15.9 Å². The number of hydrogen-bond acceptors (Lipinski definition) is 3. The Labute approximate surface area is 128 Å². The number of rotatable bonds is 2. The smallest absolute Gasteiger partial charge is 0.323 e. The Kier molecular flexibility index (Phi) is 4.40. The summed E-state index contributed by atoms with van der Waals surface area (Å²) in [4.78, 5) is 11.8. The molecule has 0 unspecified atom stereocenters. The van der Waals surface area contributed by atoms with Gasteiger partial charge in [-0.3, -0.25) is 0 Å². The van der Waals surface area contributed by atoms with Gasteiger partial charge in [0, 0.05) is 10.2 Å². The highest BCUT2D eigenvalue weighted by atomic mass is 79.9. The first-order chi connectivity index (χ1) is 9.99. The largest absolute Gasteiger partial charge is 0.503 e. The monoisotopic (exact) mass is 349 g/mol. The van der Waals surface area contributed by atoms with Crippen molar-refractivity contribution in [2.45, 2.75) is 0 Å². The highest BCUT2D eigenvalue weighted by molar-refractivity contribution is 9.10. The molecule has 2 rings (SSSR count). The summed E-state index contributed by atoms with van der Waals surface area (Å²) in [5, 5.41) is 23.0. The van der Waals surface area contributed by atoms with Crippen LogP contribution in [0, 0.1) is 17.1 Å². The van der Waals surface area contributed by atoms with Crippen molar-refractivity contribution < 1.29 is 14.3 Å². The van der Waals surface area contributed by atoms with E-state index >= 15 is 0 Å². The molecule has 0 aliphatic rings. The van der Waals surface area contributed by atoms with E-state index in [2.05, 4.69) is 26.6 Å². The zero-order valence-electron chi connectivity index (χ0n) is 10.5. The van der Waals surface area contributed by atoms with E-state index in [1.54, 1.807) is 24.3 Å². The maximum absolute atomic E-state index is 13.3. The van der Waals surface area contributed by atoms with E-state index in [9.17, 15) is 14.3 Å². The Bertz CT molecular complexity index is 726. The number of benzene rings is 2. The Hall–Kier alpha value is -2.59. The van der Waals surface area contributed by atoms with Gasteiger partial charge in [-0.25, -0.2) is 9.18 Å². The van der Waals surface area contributed by atoms with Gasteiger partial charge in [0.2, 0.25) is 0 Å². The van der Waals surface area contributed by atoms with Gasteiger partial charge in [0.15, 0.2) is 11.6 Å². The SMILES string of the molecule is N#Cc1ccc(NC(=O)Nc2cc(Br)cc(F)c2O)cc1. The number of carbonyl (C=O) groups is 1. The standard InChI is InChI=1S/C14H9BrFN3O2/c15-9-5-11(16)13(20)12(6-9)19-14(21)18-10-3-1-8(7-17)2-4-10/h1-6,20H,(H2,18,19,21). The molecule has 0 saturated heterocycles. The molecule has 5 nitrogen and oxygen atoms in total. The molecular weight excluding hydrogens is 341 g/mol. The zero-order valence-corrected chi connectivity index (χ0v) is 12.1. The van der Waals surface area contributed by atoms with Crippen LogP contribution in [0.3, 0.4) is 0 Å². The van der Waals surface area contributed by atoms with Crippen molar-refractivity contribution in [1.29, 1.82) is 5.26 Å². The fourth-order valence-electron chi connectivity index (χ4n) is 1.57. The minimum atomic E-state index is -0.849. The van der Waals surface area contributed by atoms with Crippen LogP contribution in [0.25, 0.3) is 0 Å². The highest BCUT2D eigenvalue weighted by Crippen LogP contribution is 2.30. The number of phenolic OH excluding ortho intramolecular Hbond substituents is 1. The summed E-state index contributed by atoms with van der Waals surface area (Å²) in [5.74, 6) is -1.49. The summed E-state index contributed by atoms with van der Waals surface area (Å²) in [7, 11) is 0. The molecule has 2 amide bonds. The number of urea groups is 1. The molecular formula is C14H9BrFN3O2. The van der Waals surface area contributed by atoms with Gasteiger partial charge in [-0.05, 0) is 36.4 Å². The Morgan fingerprint density at radius 3 is 2.52 bits per heavy atom. The molecule has 2 aromatic carbocycles. The molecule has 0 aliphatic carbocycles. The molecule has 0 heterocycles. The lowest BCUT2D eigenvalue weighted by molar-refractivity contribution is 0.262. The van der Waals surface area contributed by atoms with E-state index in [0.29, 0.717) is 15.7 Å². The maximum atomic E-state index is 13.3. The lowest BCUT2D eigenvalue weighted by Gasteiger charge is -2.10. The predicted molar refractivity (Wildman–Crippen MR) is 79.6 cm³/mol. The number of nitriles is 1. The van der Waals surface area contributed by atoms with E-state index < -0.39 is 17.6 Å². The van der Waals surface area contributed by atoms with Crippen LogP contribution in [0.4, 0.5) is 20.6 Å². The second-order valence-corrected chi connectivity index (χ2v) is 4.97. The maximum Gasteiger partial charge on any atom is 0.323 e. The Morgan fingerprint density at radius 1 is 1.24 bits per heavy atom. The molecule has 0 saturated carbocycles. The van der Waals surface area contributed by atoms with Gasteiger partial charge < -0.3 is 15.7 Å². The van der Waals surface area contributed by atoms with Crippen molar-refractivity contribution in [2.75, 3.05) is 10.6 Å². The van der Waals surface area contributed by atoms with Gasteiger partial charge >= 0.3 is 6.03 Å². The number of aromatic hydroxyl groups is 1. The average molecular weight is 350 g/mol. The second kappa shape index (κ2) is 6.24. The van der Waals surface area contributed by atoms with Crippen molar-refractivity contribution >= 4 is 33.3 Å². The first-order valence-corrected chi connectivity index (χ1v) is 6.55. The van der Waals surface area contributed by atoms with E-state index in [1.807, 2.05) is 6.07 Å². The van der Waals surface area contributed by atoms with E-state index in [0.717, 1.165) is 6.07 Å². The van der Waals surface area contributed by atoms with Crippen molar-refractivity contribution in [3.05, 3.63) is 52.3 Å². The molecule has 0 radical (unpaired) electrons. The molecule has 0 atom stereocenters. The van der Waals surface area contributed by atoms with Crippen molar-refractivity contribution in [2.24, 2.45) is 0 Å². The number of halogens is 2. The van der Waals surface area contributed by atoms with E-state index in [1.165, 1.54) is 6.07 Å². The summed E-state index contributed by atoms with van der Waals surface area (Å²) in [6, 6.07) is 9.97. The zero-order chi connectivity index (χ0) is 15.4. The molecule has 3 N–H and O–H groups in total. The van der Waals surface area contributed by atoms with Crippen molar-refractivity contribution in [3.63, 3.8) is 0 Å². The molecule has 106 valence electrons. The minimum absolute atomic E-state index is 0.0620. The fraction of sp³-hybridized carbons (Fsp3) is 0. The van der Waals surface area contributed by atoms with Gasteiger partial charge in [0.05, 0.1) is 17.3 Å². The molecule has 0 aliphatic heterocycles. The summed E-state index contributed by atoms with van der Waals surface area (Å²) in [6.07, 6.45) is 0. The number of amides is 2. The van der Waals surface area contributed by atoms with Crippen LogP contribution in [0.1, 0.15) is 5.56 Å². The number of nitrogens with zero attached hydrogens (tertiary/aromatic N) is 1. The topological polar surface area (TPSA) is 85.2 Å². The van der Waals surface area contributed by atoms with E-state index in [4.69, 9.17) is 5.26 Å². The molecule has 0 fully saturated rings. The average Bonchev–Trinajstić information content (AvgIpc) is 2.45. The van der Waals surface area contributed by atoms with Gasteiger partial charge in [0.1, 0.15) is 0 Å². The normalized spacial score (nSPS) is 9.76. The quantitative estimate of drug-likeness (QED) is 0.720. The number of carbonyl (C=O) groups excluding carboxylic acids is 1. The molecule has 0 bridgehead atoms. The van der Waals surface area contributed by atoms with Crippen LogP contribution < -0.4 is 10.6 Å². The Morgan fingerprint density at radius 2 is 1.90 bits per heavy atom. The summed E-state index contributed by atoms with van der Waals surface area (Å²) in [6.45, 7) is 0. The highest BCUT2D eigenvalue weighted by Gasteiger charge is 2.12. The molecule has 0 aromatic heterocycles. The molecule has 7 heteroatoms. The van der Waals surface area contributed by atoms with Crippen LogP contribution in [-0.2, 0) is 0 Å². The lowest BCUT2D eigenvalue weighted by Crippen LogP contribution is -2.19. The molecule has 0 spiro atoms. The second-order valence-electron chi connectivity index (χ2n) is 4.05. The lowest BCUT2D eigenvalue weighted by atomic mass is 10.2. The third-order valence-electron chi connectivity index (χ3n) is 2.55. The predicted octanol–water partition coefficient (Wildman–Crippen LogP) is 3.81. The minimum Gasteiger partial charge on any atom is -0.503 e. The third-order valence-corrected chi connectivity index (χ3v) is 3.01. The number of phenols is 1. The first kappa shape index (κ1) is 14.8. The van der Waals surface area contributed by atoms with Gasteiger partial charge in [-0.1, -0.05) is 15.9 Å². The molecule has 2 aromatic rings. The number of hydrogen-bond donors (Lipinski definition) is 3. The van der Waals surface area contributed by atoms with Crippen LogP contribution in [0.5, 0.6) is 5.75 Å². The Balaban J connectivity index is 2.10. The van der Waals surface area contributed by atoms with Crippen LogP contribution in [-0.4, -0.2) is 11.1 Å². The van der Waals surface area contributed by atoms with E-state index in [-0.39, 0.29) is 5.69 Å². The fourth-order valence-corrected chi connectivity index (χ4v) is 2.00.